The number of allylic oxidation sites excluding steroid dienone is 1. The van der Waals surface area contributed by atoms with Gasteiger partial charge in [0.15, 0.2) is 0 Å². The van der Waals surface area contributed by atoms with Crippen LogP contribution in [0.5, 0.6) is 5.75 Å². The number of halogens is 3. The Bertz CT molecular complexity index is 1310. The first-order valence-corrected chi connectivity index (χ1v) is 11.7. The van der Waals surface area contributed by atoms with E-state index in [1.165, 1.54) is 16.8 Å². The lowest BCUT2D eigenvalue weighted by Crippen LogP contribution is -2.00. The van der Waals surface area contributed by atoms with Crippen LogP contribution in [-0.2, 0) is 6.61 Å². The Morgan fingerprint density at radius 2 is 1.61 bits per heavy atom. The summed E-state index contributed by atoms with van der Waals surface area (Å²) in [7, 11) is 0. The van der Waals surface area contributed by atoms with E-state index in [2.05, 4.69) is 75.5 Å². The maximum Gasteiger partial charge on any atom is 0.146 e. The number of nitriles is 1. The van der Waals surface area contributed by atoms with E-state index in [-0.39, 0.29) is 5.57 Å². The van der Waals surface area contributed by atoms with Crippen molar-refractivity contribution in [3.05, 3.63) is 109 Å². The van der Waals surface area contributed by atoms with Gasteiger partial charge in [-0.1, -0.05) is 60.7 Å². The van der Waals surface area contributed by atoms with Crippen LogP contribution in [0.25, 0.3) is 22.4 Å². The largest absolute Gasteiger partial charge is 0.487 e. The molecule has 0 saturated carbocycles. The van der Waals surface area contributed by atoms with Gasteiger partial charge in [-0.15, -0.1) is 0 Å². The molecular weight excluding hydrogens is 615 g/mol. The van der Waals surface area contributed by atoms with Gasteiger partial charge in [0.05, 0.1) is 18.8 Å². The summed E-state index contributed by atoms with van der Waals surface area (Å²) >= 11 is 4.47. The summed E-state index contributed by atoms with van der Waals surface area (Å²) in [4.78, 5) is 0. The van der Waals surface area contributed by atoms with Crippen molar-refractivity contribution in [3.63, 3.8) is 0 Å². The minimum atomic E-state index is -0.408. The van der Waals surface area contributed by atoms with Crippen molar-refractivity contribution in [1.29, 1.82) is 5.26 Å². The second-order valence-corrected chi connectivity index (χ2v) is 9.21. The summed E-state index contributed by atoms with van der Waals surface area (Å²) in [6, 6.07) is 26.8. The molecule has 0 atom stereocenters. The highest BCUT2D eigenvalue weighted by Crippen LogP contribution is 2.32. The first kappa shape index (κ1) is 21.8. The number of rotatable bonds is 5. The molecule has 0 aliphatic heterocycles. The molecule has 0 saturated heterocycles. The minimum absolute atomic E-state index is 0.286. The van der Waals surface area contributed by atoms with Crippen LogP contribution >= 0.6 is 45.2 Å². The number of benzene rings is 4. The summed E-state index contributed by atoms with van der Waals surface area (Å²) in [5.74, 6) is 0.394. The molecule has 0 spiro atoms. The van der Waals surface area contributed by atoms with E-state index in [1.807, 2.05) is 30.3 Å². The van der Waals surface area contributed by atoms with E-state index < -0.39 is 5.82 Å². The molecule has 5 heteroatoms. The zero-order valence-corrected chi connectivity index (χ0v) is 20.6. The summed E-state index contributed by atoms with van der Waals surface area (Å²) < 4.78 is 22.2. The average molecular weight is 631 g/mol. The fraction of sp³-hybridized carbons (Fsp3) is 0.0385. The van der Waals surface area contributed by atoms with Gasteiger partial charge in [-0.05, 0) is 91.4 Å². The fourth-order valence-corrected chi connectivity index (χ4v) is 5.51. The highest BCUT2D eigenvalue weighted by Gasteiger charge is 2.12. The molecule has 0 fully saturated rings. The zero-order valence-electron chi connectivity index (χ0n) is 16.3. The second-order valence-electron chi connectivity index (χ2n) is 6.89. The van der Waals surface area contributed by atoms with Gasteiger partial charge >= 0.3 is 0 Å². The first-order chi connectivity index (χ1) is 15.1. The van der Waals surface area contributed by atoms with E-state index >= 15 is 0 Å². The second kappa shape index (κ2) is 9.79. The van der Waals surface area contributed by atoms with Crippen LogP contribution in [0.2, 0.25) is 0 Å². The maximum absolute atomic E-state index is 14.1. The Kier molecular flexibility index (Phi) is 6.88. The van der Waals surface area contributed by atoms with Crippen LogP contribution in [0.1, 0.15) is 16.7 Å². The molecule has 4 aromatic rings. The van der Waals surface area contributed by atoms with Crippen molar-refractivity contribution in [3.8, 4) is 11.8 Å². The normalized spacial score (nSPS) is 11.4. The molecule has 0 unspecified atom stereocenters. The van der Waals surface area contributed by atoms with Gasteiger partial charge in [-0.25, -0.2) is 4.39 Å². The smallest absolute Gasteiger partial charge is 0.146 e. The van der Waals surface area contributed by atoms with Crippen LogP contribution in [-0.4, -0.2) is 0 Å². The maximum atomic E-state index is 14.1. The van der Waals surface area contributed by atoms with Crippen LogP contribution in [0.3, 0.4) is 0 Å². The molecule has 0 amide bonds. The number of ether oxygens (including phenoxy) is 1. The van der Waals surface area contributed by atoms with E-state index in [0.717, 1.165) is 24.0 Å². The van der Waals surface area contributed by atoms with Gasteiger partial charge in [-0.3, -0.25) is 0 Å². The Labute approximate surface area is 207 Å². The predicted molar refractivity (Wildman–Crippen MR) is 140 cm³/mol. The van der Waals surface area contributed by atoms with Gasteiger partial charge in [0, 0.05) is 5.56 Å². The molecule has 0 bridgehead atoms. The van der Waals surface area contributed by atoms with E-state index in [9.17, 15) is 9.65 Å². The third-order valence-electron chi connectivity index (χ3n) is 4.87. The molecule has 2 nitrogen and oxygen atoms in total. The topological polar surface area (TPSA) is 33.0 Å². The predicted octanol–water partition coefficient (Wildman–Crippen LogP) is 7.83. The molecule has 4 aromatic carbocycles. The number of hydrogen-bond donors (Lipinski definition) is 0. The average Bonchev–Trinajstić information content (AvgIpc) is 2.77. The molecule has 0 aromatic heterocycles. The monoisotopic (exact) mass is 631 g/mol. The lowest BCUT2D eigenvalue weighted by atomic mass is 10.0. The van der Waals surface area contributed by atoms with E-state index in [1.54, 1.807) is 24.3 Å². The molecule has 0 aliphatic rings. The third kappa shape index (κ3) is 4.91. The number of fused-ring (bicyclic) bond motifs is 1. The Hall–Kier alpha value is -2.44. The molecular formula is C26H16FI2NO. The Balaban J connectivity index is 1.62. The van der Waals surface area contributed by atoms with Crippen molar-refractivity contribution < 1.29 is 9.13 Å². The van der Waals surface area contributed by atoms with Crippen LogP contribution in [0.4, 0.5) is 4.39 Å². The van der Waals surface area contributed by atoms with Gasteiger partial charge in [0.25, 0.3) is 0 Å². The lowest BCUT2D eigenvalue weighted by Gasteiger charge is -2.13. The van der Waals surface area contributed by atoms with Crippen LogP contribution in [0, 0.1) is 24.3 Å². The number of hydrogen-bond acceptors (Lipinski definition) is 2. The summed E-state index contributed by atoms with van der Waals surface area (Å²) in [5.41, 5.74) is 2.53. The van der Waals surface area contributed by atoms with Crippen molar-refractivity contribution >= 4 is 67.6 Å². The molecule has 152 valence electrons. The molecule has 31 heavy (non-hydrogen) atoms. The fourth-order valence-electron chi connectivity index (χ4n) is 3.39. The first-order valence-electron chi connectivity index (χ1n) is 9.52. The summed E-state index contributed by atoms with van der Waals surface area (Å²) in [5, 5.41) is 11.9. The summed E-state index contributed by atoms with van der Waals surface area (Å²) in [6.07, 6.45) is 1.71. The lowest BCUT2D eigenvalue weighted by molar-refractivity contribution is 0.303. The SMILES string of the molecule is N#C/C(=C/c1cc(I)c(OCc2cccc3ccccc23)c(I)c1)c1ccccc1F. The highest BCUT2D eigenvalue weighted by molar-refractivity contribution is 14.1. The Morgan fingerprint density at radius 1 is 0.935 bits per heavy atom. The van der Waals surface area contributed by atoms with Gasteiger partial charge in [0.1, 0.15) is 18.2 Å². The molecule has 0 aliphatic carbocycles. The molecule has 0 heterocycles. The third-order valence-corrected chi connectivity index (χ3v) is 6.47. The van der Waals surface area contributed by atoms with Crippen LogP contribution < -0.4 is 4.74 Å². The number of nitrogens with zero attached hydrogens (tertiary/aromatic N) is 1. The molecule has 4 rings (SSSR count). The molecule has 0 N–H and O–H groups in total. The highest BCUT2D eigenvalue weighted by atomic mass is 127. The minimum Gasteiger partial charge on any atom is -0.487 e. The van der Waals surface area contributed by atoms with E-state index in [0.29, 0.717) is 12.2 Å². The summed E-state index contributed by atoms with van der Waals surface area (Å²) in [6.45, 7) is 0.460. The van der Waals surface area contributed by atoms with Gasteiger partial charge < -0.3 is 4.74 Å². The van der Waals surface area contributed by atoms with E-state index in [4.69, 9.17) is 4.74 Å². The zero-order chi connectivity index (χ0) is 21.8. The van der Waals surface area contributed by atoms with Crippen molar-refractivity contribution in [2.75, 3.05) is 0 Å². The van der Waals surface area contributed by atoms with Gasteiger partial charge in [-0.2, -0.15) is 5.26 Å². The Morgan fingerprint density at radius 3 is 2.35 bits per heavy atom. The van der Waals surface area contributed by atoms with Crippen molar-refractivity contribution in [2.45, 2.75) is 6.61 Å². The molecule has 0 radical (unpaired) electrons. The van der Waals surface area contributed by atoms with Crippen molar-refractivity contribution in [2.24, 2.45) is 0 Å². The standard InChI is InChI=1S/C26H16FI2NO/c27-23-11-4-3-10-22(23)20(15-30)12-17-13-24(28)26(25(29)14-17)31-16-19-8-5-7-18-6-1-2-9-21(18)19/h1-14H,16H2/b20-12-. The van der Waals surface area contributed by atoms with Crippen molar-refractivity contribution in [1.82, 2.24) is 0 Å². The van der Waals surface area contributed by atoms with Gasteiger partial charge in [0.2, 0.25) is 0 Å². The van der Waals surface area contributed by atoms with Crippen LogP contribution in [0.15, 0.2) is 78.9 Å². The quantitative estimate of drug-likeness (QED) is 0.128.